The molecule has 4 N–H and O–H groups in total. The van der Waals surface area contributed by atoms with Gasteiger partial charge in [0.15, 0.2) is 0 Å². The van der Waals surface area contributed by atoms with Crippen LogP contribution in [0, 0.1) is 0 Å². The molecule has 16 heavy (non-hydrogen) atoms. The molecule has 1 fully saturated rings. The van der Waals surface area contributed by atoms with Crippen LogP contribution in [0.25, 0.3) is 0 Å². The molecule has 0 bridgehead atoms. The van der Waals surface area contributed by atoms with Crippen molar-refractivity contribution in [2.75, 3.05) is 13.1 Å². The Kier molecular flexibility index (Phi) is 6.42. The summed E-state index contributed by atoms with van der Waals surface area (Å²) in [6.07, 6.45) is 6.91. The molecule has 0 spiro atoms. The number of hydrogen-bond donors (Lipinski definition) is 3. The molecule has 0 heterocycles. The maximum atomic E-state index is 11.4. The van der Waals surface area contributed by atoms with Gasteiger partial charge in [-0.25, -0.2) is 0 Å². The van der Waals surface area contributed by atoms with Gasteiger partial charge in [0, 0.05) is 31.6 Å². The van der Waals surface area contributed by atoms with Crippen molar-refractivity contribution in [3.63, 3.8) is 0 Å². The third-order valence-electron chi connectivity index (χ3n) is 3.17. The summed E-state index contributed by atoms with van der Waals surface area (Å²) < 4.78 is 0. The SMILES string of the molecule is CCNC(=O)CC(CN)NC1CCCCC1. The number of carbonyl (C=O) groups is 1. The summed E-state index contributed by atoms with van der Waals surface area (Å²) in [6, 6.07) is 0.700. The molecule has 0 aromatic carbocycles. The molecular formula is C12H25N3O. The van der Waals surface area contributed by atoms with E-state index >= 15 is 0 Å². The van der Waals surface area contributed by atoms with E-state index in [9.17, 15) is 4.79 Å². The molecule has 0 saturated heterocycles. The van der Waals surface area contributed by atoms with Crippen molar-refractivity contribution in [1.29, 1.82) is 0 Å². The highest BCUT2D eigenvalue weighted by atomic mass is 16.1. The smallest absolute Gasteiger partial charge is 0.221 e. The third-order valence-corrected chi connectivity index (χ3v) is 3.17. The summed E-state index contributed by atoms with van der Waals surface area (Å²) in [5.74, 6) is 0.0984. The Hall–Kier alpha value is -0.610. The lowest BCUT2D eigenvalue weighted by molar-refractivity contribution is -0.121. The zero-order chi connectivity index (χ0) is 11.8. The van der Waals surface area contributed by atoms with Crippen molar-refractivity contribution >= 4 is 5.91 Å². The van der Waals surface area contributed by atoms with E-state index in [0.29, 0.717) is 25.6 Å². The van der Waals surface area contributed by atoms with Crippen LogP contribution < -0.4 is 16.4 Å². The Morgan fingerprint density at radius 2 is 2.06 bits per heavy atom. The minimum absolute atomic E-state index is 0.0984. The van der Waals surface area contributed by atoms with Crippen molar-refractivity contribution in [2.24, 2.45) is 5.73 Å². The van der Waals surface area contributed by atoms with Crippen LogP contribution in [0.5, 0.6) is 0 Å². The van der Waals surface area contributed by atoms with Crippen molar-refractivity contribution in [3.05, 3.63) is 0 Å². The quantitative estimate of drug-likeness (QED) is 0.627. The average molecular weight is 227 g/mol. The molecule has 1 atom stereocenters. The molecule has 4 heteroatoms. The third kappa shape index (κ3) is 4.94. The monoisotopic (exact) mass is 227 g/mol. The number of nitrogens with one attached hydrogen (secondary N) is 2. The van der Waals surface area contributed by atoms with E-state index in [0.717, 1.165) is 0 Å². The fourth-order valence-corrected chi connectivity index (χ4v) is 2.31. The van der Waals surface area contributed by atoms with Crippen LogP contribution in [-0.4, -0.2) is 31.1 Å². The van der Waals surface area contributed by atoms with Gasteiger partial charge in [0.2, 0.25) is 5.91 Å². The van der Waals surface area contributed by atoms with Crippen LogP contribution in [-0.2, 0) is 4.79 Å². The van der Waals surface area contributed by atoms with Crippen LogP contribution in [0.1, 0.15) is 45.4 Å². The molecule has 0 aromatic heterocycles. The zero-order valence-electron chi connectivity index (χ0n) is 10.3. The Morgan fingerprint density at radius 1 is 1.38 bits per heavy atom. The molecule has 1 saturated carbocycles. The molecule has 0 aromatic rings. The van der Waals surface area contributed by atoms with Gasteiger partial charge >= 0.3 is 0 Å². The summed E-state index contributed by atoms with van der Waals surface area (Å²) in [5, 5.41) is 6.32. The highest BCUT2D eigenvalue weighted by molar-refractivity contribution is 5.76. The Labute approximate surface area is 98.3 Å². The number of nitrogens with two attached hydrogens (primary N) is 1. The predicted octanol–water partition coefficient (Wildman–Crippen LogP) is 0.762. The number of carbonyl (C=O) groups excluding carboxylic acids is 1. The van der Waals surface area contributed by atoms with Crippen molar-refractivity contribution in [3.8, 4) is 0 Å². The molecular weight excluding hydrogens is 202 g/mol. The number of rotatable bonds is 6. The first kappa shape index (κ1) is 13.5. The summed E-state index contributed by atoms with van der Waals surface area (Å²) in [6.45, 7) is 3.16. The first-order valence-corrected chi connectivity index (χ1v) is 6.49. The molecule has 1 aliphatic carbocycles. The van der Waals surface area contributed by atoms with Gasteiger partial charge in [0.05, 0.1) is 0 Å². The van der Waals surface area contributed by atoms with Crippen LogP contribution in [0.15, 0.2) is 0 Å². The molecule has 94 valence electrons. The van der Waals surface area contributed by atoms with Crippen LogP contribution >= 0.6 is 0 Å². The van der Waals surface area contributed by atoms with Crippen LogP contribution in [0.4, 0.5) is 0 Å². The standard InChI is InChI=1S/C12H25N3O/c1-2-14-12(16)8-11(9-13)15-10-6-4-3-5-7-10/h10-11,15H,2-9,13H2,1H3,(H,14,16). The second kappa shape index (κ2) is 7.63. The molecule has 4 nitrogen and oxygen atoms in total. The Balaban J connectivity index is 2.27. The first-order chi connectivity index (χ1) is 7.76. The second-order valence-electron chi connectivity index (χ2n) is 4.59. The average Bonchev–Trinajstić information content (AvgIpc) is 2.30. The van der Waals surface area contributed by atoms with Crippen molar-refractivity contribution in [1.82, 2.24) is 10.6 Å². The topological polar surface area (TPSA) is 67.2 Å². The Morgan fingerprint density at radius 3 is 2.62 bits per heavy atom. The van der Waals surface area contributed by atoms with Gasteiger partial charge in [-0.15, -0.1) is 0 Å². The predicted molar refractivity (Wildman–Crippen MR) is 66.2 cm³/mol. The van der Waals surface area contributed by atoms with Crippen molar-refractivity contribution in [2.45, 2.75) is 57.5 Å². The molecule has 1 aliphatic rings. The lowest BCUT2D eigenvalue weighted by Gasteiger charge is -2.27. The highest BCUT2D eigenvalue weighted by Crippen LogP contribution is 2.18. The van der Waals surface area contributed by atoms with Crippen LogP contribution in [0.2, 0.25) is 0 Å². The van der Waals surface area contributed by atoms with E-state index in [1.54, 1.807) is 0 Å². The molecule has 1 unspecified atom stereocenters. The van der Waals surface area contributed by atoms with E-state index < -0.39 is 0 Å². The minimum Gasteiger partial charge on any atom is -0.356 e. The first-order valence-electron chi connectivity index (χ1n) is 6.49. The van der Waals surface area contributed by atoms with Gasteiger partial charge in [0.25, 0.3) is 0 Å². The van der Waals surface area contributed by atoms with Gasteiger partial charge in [0.1, 0.15) is 0 Å². The lowest BCUT2D eigenvalue weighted by atomic mass is 9.94. The van der Waals surface area contributed by atoms with Crippen molar-refractivity contribution < 1.29 is 4.79 Å². The fraction of sp³-hybridized carbons (Fsp3) is 0.917. The lowest BCUT2D eigenvalue weighted by Crippen LogP contribution is -2.46. The van der Waals surface area contributed by atoms with Gasteiger partial charge in [-0.05, 0) is 19.8 Å². The fourth-order valence-electron chi connectivity index (χ4n) is 2.31. The molecule has 1 amide bonds. The molecule has 0 radical (unpaired) electrons. The largest absolute Gasteiger partial charge is 0.356 e. The maximum Gasteiger partial charge on any atom is 0.221 e. The Bertz CT molecular complexity index is 202. The van der Waals surface area contributed by atoms with Gasteiger partial charge in [-0.3, -0.25) is 4.79 Å². The zero-order valence-corrected chi connectivity index (χ0v) is 10.3. The summed E-state index contributed by atoms with van der Waals surface area (Å²) >= 11 is 0. The van der Waals surface area contributed by atoms with Crippen LogP contribution in [0.3, 0.4) is 0 Å². The van der Waals surface area contributed by atoms with E-state index in [1.165, 1.54) is 32.1 Å². The van der Waals surface area contributed by atoms with E-state index in [2.05, 4.69) is 10.6 Å². The summed E-state index contributed by atoms with van der Waals surface area (Å²) in [7, 11) is 0. The van der Waals surface area contributed by atoms with E-state index in [4.69, 9.17) is 5.73 Å². The van der Waals surface area contributed by atoms with Gasteiger partial charge in [-0.2, -0.15) is 0 Å². The summed E-state index contributed by atoms with van der Waals surface area (Å²) in [4.78, 5) is 11.4. The molecule has 0 aliphatic heterocycles. The highest BCUT2D eigenvalue weighted by Gasteiger charge is 2.18. The second-order valence-corrected chi connectivity index (χ2v) is 4.59. The van der Waals surface area contributed by atoms with E-state index in [1.807, 2.05) is 6.92 Å². The van der Waals surface area contributed by atoms with E-state index in [-0.39, 0.29) is 11.9 Å². The molecule has 1 rings (SSSR count). The maximum absolute atomic E-state index is 11.4. The number of amides is 1. The number of hydrogen-bond acceptors (Lipinski definition) is 3. The summed E-state index contributed by atoms with van der Waals surface area (Å²) in [5.41, 5.74) is 5.69. The van der Waals surface area contributed by atoms with Gasteiger partial charge < -0.3 is 16.4 Å². The minimum atomic E-state index is 0.0984. The normalized spacial score (nSPS) is 19.4. The van der Waals surface area contributed by atoms with Gasteiger partial charge in [-0.1, -0.05) is 19.3 Å².